The number of benzene rings is 2. The van der Waals surface area contributed by atoms with E-state index in [0.29, 0.717) is 12.0 Å². The van der Waals surface area contributed by atoms with E-state index in [-0.39, 0.29) is 24.4 Å². The summed E-state index contributed by atoms with van der Waals surface area (Å²) in [5, 5.41) is 11.9. The van der Waals surface area contributed by atoms with Gasteiger partial charge in [-0.25, -0.2) is 4.39 Å². The highest BCUT2D eigenvalue weighted by Crippen LogP contribution is 2.24. The Hall–Kier alpha value is -2.20. The molecule has 1 atom stereocenters. The lowest BCUT2D eigenvalue weighted by atomic mass is 9.99. The van der Waals surface area contributed by atoms with Crippen LogP contribution >= 0.6 is 0 Å². The molecule has 0 bridgehead atoms. The number of aliphatic hydroxyl groups excluding tert-OH is 1. The monoisotopic (exact) mass is 301 g/mol. The van der Waals surface area contributed by atoms with Crippen molar-refractivity contribution < 1.29 is 14.3 Å². The second-order valence-electron chi connectivity index (χ2n) is 5.30. The van der Waals surface area contributed by atoms with Crippen molar-refractivity contribution in [1.29, 1.82) is 0 Å². The third kappa shape index (κ3) is 3.71. The van der Waals surface area contributed by atoms with Crippen molar-refractivity contribution in [2.75, 3.05) is 6.61 Å². The van der Waals surface area contributed by atoms with Crippen LogP contribution in [0.2, 0.25) is 0 Å². The van der Waals surface area contributed by atoms with Gasteiger partial charge in [-0.05, 0) is 54.3 Å². The summed E-state index contributed by atoms with van der Waals surface area (Å²) in [6.45, 7) is 3.74. The molecule has 2 rings (SSSR count). The molecule has 0 aliphatic heterocycles. The third-order valence-electron chi connectivity index (χ3n) is 3.71. The Morgan fingerprint density at radius 3 is 2.50 bits per heavy atom. The number of rotatable bonds is 5. The topological polar surface area (TPSA) is 49.3 Å². The number of carbonyl (C=O) groups is 1. The zero-order valence-corrected chi connectivity index (χ0v) is 12.8. The number of amides is 1. The zero-order valence-electron chi connectivity index (χ0n) is 12.8. The fourth-order valence-electron chi connectivity index (χ4n) is 2.25. The Labute approximate surface area is 129 Å². The van der Waals surface area contributed by atoms with Crippen molar-refractivity contribution >= 4 is 5.91 Å². The Balaban J connectivity index is 2.20. The van der Waals surface area contributed by atoms with Gasteiger partial charge in [0.1, 0.15) is 5.82 Å². The molecule has 0 saturated carbocycles. The normalized spacial score (nSPS) is 12.0. The van der Waals surface area contributed by atoms with Crippen LogP contribution in [0, 0.1) is 12.7 Å². The highest BCUT2D eigenvalue weighted by molar-refractivity contribution is 5.94. The van der Waals surface area contributed by atoms with Gasteiger partial charge in [-0.2, -0.15) is 0 Å². The van der Waals surface area contributed by atoms with Crippen LogP contribution in [-0.4, -0.2) is 23.7 Å². The van der Waals surface area contributed by atoms with Crippen LogP contribution in [0.4, 0.5) is 4.39 Å². The minimum atomic E-state index is -0.281. The van der Waals surface area contributed by atoms with Crippen molar-refractivity contribution in [3.8, 4) is 11.1 Å². The maximum absolute atomic E-state index is 13.4. The lowest BCUT2D eigenvalue weighted by Crippen LogP contribution is -2.36. The molecule has 22 heavy (non-hydrogen) atoms. The van der Waals surface area contributed by atoms with Crippen LogP contribution in [0.15, 0.2) is 42.5 Å². The smallest absolute Gasteiger partial charge is 0.251 e. The van der Waals surface area contributed by atoms with Gasteiger partial charge in [-0.3, -0.25) is 4.79 Å². The van der Waals surface area contributed by atoms with Crippen LogP contribution in [0.3, 0.4) is 0 Å². The lowest BCUT2D eigenvalue weighted by molar-refractivity contribution is 0.0915. The van der Waals surface area contributed by atoms with Gasteiger partial charge in [0.05, 0.1) is 12.6 Å². The first-order valence-corrected chi connectivity index (χ1v) is 7.33. The van der Waals surface area contributed by atoms with Crippen molar-refractivity contribution in [3.05, 3.63) is 59.4 Å². The minimum absolute atomic E-state index is 0.0805. The molecule has 1 amide bonds. The number of hydrogen-bond donors (Lipinski definition) is 2. The van der Waals surface area contributed by atoms with Gasteiger partial charge in [-0.15, -0.1) is 0 Å². The molecule has 2 aromatic rings. The SMILES string of the molecule is CCC(CO)NC(=O)c1ccc(-c2cc(F)ccc2C)cc1. The zero-order chi connectivity index (χ0) is 16.1. The molecule has 0 radical (unpaired) electrons. The molecular weight excluding hydrogens is 281 g/mol. The Bertz CT molecular complexity index is 649. The molecule has 0 heterocycles. The summed E-state index contributed by atoms with van der Waals surface area (Å²) in [6, 6.07) is 11.4. The highest BCUT2D eigenvalue weighted by atomic mass is 19.1. The lowest BCUT2D eigenvalue weighted by Gasteiger charge is -2.14. The number of nitrogens with one attached hydrogen (secondary N) is 1. The van der Waals surface area contributed by atoms with Gasteiger partial charge in [0, 0.05) is 5.56 Å². The van der Waals surface area contributed by atoms with E-state index in [1.807, 2.05) is 13.8 Å². The summed E-state index contributed by atoms with van der Waals surface area (Å²) < 4.78 is 13.4. The number of aryl methyl sites for hydroxylation is 1. The van der Waals surface area contributed by atoms with E-state index in [0.717, 1.165) is 16.7 Å². The molecule has 2 aromatic carbocycles. The number of carbonyl (C=O) groups excluding carboxylic acids is 1. The van der Waals surface area contributed by atoms with Crippen LogP contribution < -0.4 is 5.32 Å². The van der Waals surface area contributed by atoms with E-state index in [1.54, 1.807) is 30.3 Å². The Kier molecular flexibility index (Phi) is 5.28. The minimum Gasteiger partial charge on any atom is -0.394 e. The van der Waals surface area contributed by atoms with Crippen LogP contribution in [0.5, 0.6) is 0 Å². The molecular formula is C18H20FNO2. The van der Waals surface area contributed by atoms with E-state index in [9.17, 15) is 9.18 Å². The maximum Gasteiger partial charge on any atom is 0.251 e. The summed E-state index contributed by atoms with van der Waals surface area (Å²) >= 11 is 0. The van der Waals surface area contributed by atoms with Gasteiger partial charge >= 0.3 is 0 Å². The number of aliphatic hydroxyl groups is 1. The average Bonchev–Trinajstić information content (AvgIpc) is 2.54. The summed E-state index contributed by atoms with van der Waals surface area (Å²) in [5.41, 5.74) is 3.17. The molecule has 0 aliphatic carbocycles. The summed E-state index contributed by atoms with van der Waals surface area (Å²) in [7, 11) is 0. The largest absolute Gasteiger partial charge is 0.394 e. The van der Waals surface area contributed by atoms with Gasteiger partial charge in [0.15, 0.2) is 0 Å². The summed E-state index contributed by atoms with van der Waals surface area (Å²) in [5.74, 6) is -0.500. The molecule has 0 spiro atoms. The Morgan fingerprint density at radius 2 is 1.91 bits per heavy atom. The molecule has 0 saturated heterocycles. The average molecular weight is 301 g/mol. The summed E-state index contributed by atoms with van der Waals surface area (Å²) in [6.07, 6.45) is 0.669. The third-order valence-corrected chi connectivity index (χ3v) is 3.71. The van der Waals surface area contributed by atoms with Crippen molar-refractivity contribution in [1.82, 2.24) is 5.32 Å². The maximum atomic E-state index is 13.4. The molecule has 2 N–H and O–H groups in total. The fourth-order valence-corrected chi connectivity index (χ4v) is 2.25. The Morgan fingerprint density at radius 1 is 1.23 bits per heavy atom. The molecule has 3 nitrogen and oxygen atoms in total. The van der Waals surface area contributed by atoms with E-state index in [1.165, 1.54) is 12.1 Å². The van der Waals surface area contributed by atoms with Gasteiger partial charge in [0.25, 0.3) is 5.91 Å². The molecule has 0 aliphatic rings. The predicted molar refractivity (Wildman–Crippen MR) is 85.2 cm³/mol. The first-order chi connectivity index (χ1) is 10.5. The molecule has 4 heteroatoms. The summed E-state index contributed by atoms with van der Waals surface area (Å²) in [4.78, 5) is 12.1. The van der Waals surface area contributed by atoms with Gasteiger partial charge in [0.2, 0.25) is 0 Å². The van der Waals surface area contributed by atoms with E-state index >= 15 is 0 Å². The molecule has 1 unspecified atom stereocenters. The molecule has 116 valence electrons. The standard InChI is InChI=1S/C18H20FNO2/c1-3-16(11-21)20-18(22)14-7-5-13(6-8-14)17-10-15(19)9-4-12(17)2/h4-10,16,21H,3,11H2,1-2H3,(H,20,22). The van der Waals surface area contributed by atoms with E-state index in [4.69, 9.17) is 5.11 Å². The second kappa shape index (κ2) is 7.18. The second-order valence-corrected chi connectivity index (χ2v) is 5.30. The van der Waals surface area contributed by atoms with Crippen LogP contribution in [-0.2, 0) is 0 Å². The number of hydrogen-bond acceptors (Lipinski definition) is 2. The molecule has 0 aromatic heterocycles. The predicted octanol–water partition coefficient (Wildman–Crippen LogP) is 3.30. The van der Waals surface area contributed by atoms with Crippen molar-refractivity contribution in [2.45, 2.75) is 26.3 Å². The van der Waals surface area contributed by atoms with E-state index < -0.39 is 0 Å². The first-order valence-electron chi connectivity index (χ1n) is 7.33. The van der Waals surface area contributed by atoms with E-state index in [2.05, 4.69) is 5.32 Å². The van der Waals surface area contributed by atoms with Crippen molar-refractivity contribution in [3.63, 3.8) is 0 Å². The fraction of sp³-hybridized carbons (Fsp3) is 0.278. The number of halogens is 1. The highest BCUT2D eigenvalue weighted by Gasteiger charge is 2.11. The van der Waals surface area contributed by atoms with Crippen LogP contribution in [0.1, 0.15) is 29.3 Å². The van der Waals surface area contributed by atoms with Gasteiger partial charge in [-0.1, -0.05) is 25.1 Å². The molecule has 0 fully saturated rings. The van der Waals surface area contributed by atoms with Crippen LogP contribution in [0.25, 0.3) is 11.1 Å². The van der Waals surface area contributed by atoms with Crippen molar-refractivity contribution in [2.24, 2.45) is 0 Å². The first kappa shape index (κ1) is 16.2. The van der Waals surface area contributed by atoms with Gasteiger partial charge < -0.3 is 10.4 Å². The quantitative estimate of drug-likeness (QED) is 0.890.